The lowest BCUT2D eigenvalue weighted by Crippen LogP contribution is -2.42. The third-order valence-corrected chi connectivity index (χ3v) is 0.748. The highest BCUT2D eigenvalue weighted by Crippen LogP contribution is 1.77. The van der Waals surface area contributed by atoms with E-state index in [0.717, 1.165) is 0 Å². The average Bonchev–Trinajstić information content (AvgIpc) is 1.69. The quantitative estimate of drug-likeness (QED) is 0.416. The second-order valence-electron chi connectivity index (χ2n) is 1.29. The van der Waals surface area contributed by atoms with Gasteiger partial charge in [0.1, 0.15) is 0 Å². The SMILES string of the molecule is O=C1NC[C]CN1. The van der Waals surface area contributed by atoms with Crippen molar-refractivity contribution in [3.8, 4) is 0 Å². The first-order valence-corrected chi connectivity index (χ1v) is 2.12. The summed E-state index contributed by atoms with van der Waals surface area (Å²) in [7, 11) is 0. The van der Waals surface area contributed by atoms with Crippen LogP contribution in [0.2, 0.25) is 0 Å². The maximum absolute atomic E-state index is 10.2. The molecule has 1 rings (SSSR count). The lowest BCUT2D eigenvalue weighted by molar-refractivity contribution is 0.239. The Morgan fingerprint density at radius 1 is 1.43 bits per heavy atom. The van der Waals surface area contributed by atoms with Gasteiger partial charge in [0.25, 0.3) is 0 Å². The molecular weight excluding hydrogens is 92.1 g/mol. The van der Waals surface area contributed by atoms with Gasteiger partial charge in [-0.2, -0.15) is 0 Å². The standard InChI is InChI=1S/C4H6N2O/c7-4-5-2-1-3-6-4/h2-3H2,(H2,5,6,7). The minimum Gasteiger partial charge on any atom is -0.337 e. The molecule has 0 aromatic heterocycles. The van der Waals surface area contributed by atoms with Gasteiger partial charge in [-0.3, -0.25) is 0 Å². The minimum absolute atomic E-state index is 0.0984. The first-order valence-electron chi connectivity index (χ1n) is 2.12. The van der Waals surface area contributed by atoms with Crippen LogP contribution in [0.3, 0.4) is 0 Å². The Balaban J connectivity index is 2.25. The molecule has 0 saturated carbocycles. The van der Waals surface area contributed by atoms with Crippen molar-refractivity contribution in [1.82, 2.24) is 10.6 Å². The summed E-state index contributed by atoms with van der Waals surface area (Å²) in [6.07, 6.45) is 2.87. The molecule has 0 bridgehead atoms. The molecule has 2 N–H and O–H groups in total. The second kappa shape index (κ2) is 1.82. The molecule has 2 radical (unpaired) electrons. The molecule has 0 aromatic rings. The molecule has 0 aromatic carbocycles. The molecule has 0 unspecified atom stereocenters. The number of hydrogen-bond acceptors (Lipinski definition) is 1. The normalized spacial score (nSPS) is 20.3. The number of carbonyl (C=O) groups is 1. The topological polar surface area (TPSA) is 41.1 Å². The van der Waals surface area contributed by atoms with Crippen LogP contribution >= 0.6 is 0 Å². The zero-order chi connectivity index (χ0) is 5.11. The van der Waals surface area contributed by atoms with E-state index in [2.05, 4.69) is 17.1 Å². The Kier molecular flexibility index (Phi) is 1.15. The molecule has 0 aliphatic carbocycles. The summed E-state index contributed by atoms with van der Waals surface area (Å²) in [4.78, 5) is 10.2. The summed E-state index contributed by atoms with van der Waals surface area (Å²) >= 11 is 0. The van der Waals surface area contributed by atoms with E-state index >= 15 is 0 Å². The Labute approximate surface area is 42.1 Å². The largest absolute Gasteiger partial charge is 0.337 e. The first kappa shape index (κ1) is 4.43. The predicted molar refractivity (Wildman–Crippen MR) is 24.6 cm³/mol. The Morgan fingerprint density at radius 2 is 2.00 bits per heavy atom. The van der Waals surface area contributed by atoms with E-state index in [0.29, 0.717) is 13.1 Å². The summed E-state index contributed by atoms with van der Waals surface area (Å²) < 4.78 is 0. The van der Waals surface area contributed by atoms with Crippen LogP contribution in [-0.4, -0.2) is 19.1 Å². The van der Waals surface area contributed by atoms with Crippen LogP contribution in [0.1, 0.15) is 0 Å². The zero-order valence-corrected chi connectivity index (χ0v) is 3.82. The Hall–Kier alpha value is -0.730. The molecule has 1 fully saturated rings. The molecule has 0 spiro atoms. The summed E-state index contributed by atoms with van der Waals surface area (Å²) in [6.45, 7) is 1.15. The number of carbonyl (C=O) groups excluding carboxylic acids is 1. The molecule has 1 aliphatic rings. The van der Waals surface area contributed by atoms with Crippen LogP contribution in [0.25, 0.3) is 0 Å². The lowest BCUT2D eigenvalue weighted by atomic mass is 10.4. The molecular formula is C4H6N2O. The number of rotatable bonds is 0. The van der Waals surface area contributed by atoms with Crippen molar-refractivity contribution in [3.05, 3.63) is 6.42 Å². The lowest BCUT2D eigenvalue weighted by Gasteiger charge is -2.10. The maximum atomic E-state index is 10.2. The molecule has 7 heavy (non-hydrogen) atoms. The third-order valence-electron chi connectivity index (χ3n) is 0.748. The van der Waals surface area contributed by atoms with E-state index in [1.165, 1.54) is 0 Å². The van der Waals surface area contributed by atoms with E-state index in [1.807, 2.05) is 0 Å². The van der Waals surface area contributed by atoms with Gasteiger partial charge >= 0.3 is 6.03 Å². The summed E-state index contributed by atoms with van der Waals surface area (Å²) in [5.74, 6) is 0. The predicted octanol–water partition coefficient (Wildman–Crippen LogP) is -0.620. The van der Waals surface area contributed by atoms with Gasteiger partial charge in [-0.05, 0) is 0 Å². The van der Waals surface area contributed by atoms with Crippen molar-refractivity contribution < 1.29 is 4.79 Å². The van der Waals surface area contributed by atoms with Crippen LogP contribution < -0.4 is 10.6 Å². The number of hydrogen-bond donors (Lipinski definition) is 2. The maximum Gasteiger partial charge on any atom is 0.314 e. The number of amides is 2. The van der Waals surface area contributed by atoms with Crippen molar-refractivity contribution in [2.75, 3.05) is 13.1 Å². The number of nitrogens with one attached hydrogen (secondary N) is 2. The zero-order valence-electron chi connectivity index (χ0n) is 3.82. The van der Waals surface area contributed by atoms with Crippen molar-refractivity contribution in [2.45, 2.75) is 0 Å². The Bertz CT molecular complexity index is 73.8. The van der Waals surface area contributed by atoms with Crippen molar-refractivity contribution in [2.24, 2.45) is 0 Å². The van der Waals surface area contributed by atoms with Gasteiger partial charge in [0.05, 0.1) is 0 Å². The minimum atomic E-state index is -0.0984. The highest BCUT2D eigenvalue weighted by molar-refractivity contribution is 5.74. The van der Waals surface area contributed by atoms with Crippen molar-refractivity contribution in [3.63, 3.8) is 0 Å². The van der Waals surface area contributed by atoms with Crippen molar-refractivity contribution in [1.29, 1.82) is 0 Å². The second-order valence-corrected chi connectivity index (χ2v) is 1.29. The van der Waals surface area contributed by atoms with Crippen LogP contribution in [-0.2, 0) is 0 Å². The smallest absolute Gasteiger partial charge is 0.314 e. The van der Waals surface area contributed by atoms with Crippen LogP contribution in [0.5, 0.6) is 0 Å². The fraction of sp³-hybridized carbons (Fsp3) is 0.500. The van der Waals surface area contributed by atoms with Gasteiger partial charge in [-0.25, -0.2) is 4.79 Å². The fourth-order valence-corrected chi connectivity index (χ4v) is 0.411. The van der Waals surface area contributed by atoms with E-state index in [4.69, 9.17) is 0 Å². The van der Waals surface area contributed by atoms with Crippen LogP contribution in [0, 0.1) is 6.42 Å². The molecule has 2 amide bonds. The molecule has 1 aliphatic heterocycles. The van der Waals surface area contributed by atoms with E-state index < -0.39 is 0 Å². The number of urea groups is 1. The summed E-state index contributed by atoms with van der Waals surface area (Å²) in [5.41, 5.74) is 0. The molecule has 1 saturated heterocycles. The molecule has 3 heteroatoms. The highest BCUT2D eigenvalue weighted by atomic mass is 16.2. The van der Waals surface area contributed by atoms with Gasteiger partial charge in [0.2, 0.25) is 0 Å². The van der Waals surface area contributed by atoms with Gasteiger partial charge in [-0.15, -0.1) is 0 Å². The summed E-state index contributed by atoms with van der Waals surface area (Å²) in [5, 5.41) is 5.04. The molecule has 1 heterocycles. The summed E-state index contributed by atoms with van der Waals surface area (Å²) in [6, 6.07) is -0.0984. The average molecular weight is 98.1 g/mol. The molecule has 3 nitrogen and oxygen atoms in total. The van der Waals surface area contributed by atoms with E-state index in [-0.39, 0.29) is 6.03 Å². The van der Waals surface area contributed by atoms with Gasteiger partial charge in [-0.1, -0.05) is 0 Å². The highest BCUT2D eigenvalue weighted by Gasteiger charge is 2.02. The van der Waals surface area contributed by atoms with Gasteiger partial charge < -0.3 is 10.6 Å². The van der Waals surface area contributed by atoms with Gasteiger partial charge in [0, 0.05) is 19.5 Å². The van der Waals surface area contributed by atoms with Crippen LogP contribution in [0.4, 0.5) is 4.79 Å². The molecule has 0 atom stereocenters. The monoisotopic (exact) mass is 98.0 g/mol. The third kappa shape index (κ3) is 1.07. The van der Waals surface area contributed by atoms with Crippen LogP contribution in [0.15, 0.2) is 0 Å². The van der Waals surface area contributed by atoms with Crippen molar-refractivity contribution >= 4 is 6.03 Å². The fourth-order valence-electron chi connectivity index (χ4n) is 0.411. The first-order chi connectivity index (χ1) is 3.39. The molecule has 38 valence electrons. The van der Waals surface area contributed by atoms with Gasteiger partial charge in [0.15, 0.2) is 0 Å². The Morgan fingerprint density at radius 3 is 2.29 bits per heavy atom. The van der Waals surface area contributed by atoms with E-state index in [1.54, 1.807) is 0 Å². The van der Waals surface area contributed by atoms with E-state index in [9.17, 15) is 4.79 Å².